The van der Waals surface area contributed by atoms with Gasteiger partial charge < -0.3 is 14.2 Å². The Labute approximate surface area is 179 Å². The number of methoxy groups -OCH3 is 1. The van der Waals surface area contributed by atoms with Gasteiger partial charge in [0.25, 0.3) is 0 Å². The van der Waals surface area contributed by atoms with Gasteiger partial charge in [-0.15, -0.1) is 0 Å². The zero-order valence-corrected chi connectivity index (χ0v) is 18.9. The summed E-state index contributed by atoms with van der Waals surface area (Å²) < 4.78 is 17.2. The van der Waals surface area contributed by atoms with E-state index in [1.807, 2.05) is 52.8 Å². The molecule has 30 heavy (non-hydrogen) atoms. The largest absolute Gasteiger partial charge is 0.493 e. The molecule has 0 aliphatic carbocycles. The molecule has 0 N–H and O–H groups in total. The van der Waals surface area contributed by atoms with Crippen molar-refractivity contribution in [1.29, 1.82) is 0 Å². The van der Waals surface area contributed by atoms with Crippen molar-refractivity contribution in [3.8, 4) is 16.9 Å². The van der Waals surface area contributed by atoms with Crippen LogP contribution >= 0.6 is 0 Å². The van der Waals surface area contributed by atoms with Gasteiger partial charge in [-0.05, 0) is 87.4 Å². The smallest absolute Gasteiger partial charge is 0.339 e. The van der Waals surface area contributed by atoms with E-state index in [0.29, 0.717) is 0 Å². The van der Waals surface area contributed by atoms with E-state index in [0.717, 1.165) is 53.0 Å². The molecular formula is C26H32O4. The minimum Gasteiger partial charge on any atom is -0.493 e. The Kier molecular flexibility index (Phi) is 6.67. The van der Waals surface area contributed by atoms with Gasteiger partial charge in [-0.2, -0.15) is 0 Å². The molecule has 0 amide bonds. The number of allylic oxidation sites excluding steroid dienone is 1. The van der Waals surface area contributed by atoms with Crippen LogP contribution in [-0.2, 0) is 20.7 Å². The van der Waals surface area contributed by atoms with E-state index in [9.17, 15) is 4.79 Å². The maximum absolute atomic E-state index is 12.8. The number of fused-ring (bicyclic) bond motifs is 1. The SMILES string of the molecule is C/C=C\c1ccc(C)c(C(OC(C)(C)C)C(=O)OC)c1-c1ccc2c(c1)CCCO2. The predicted octanol–water partition coefficient (Wildman–Crippen LogP) is 6.05. The molecule has 0 saturated carbocycles. The van der Waals surface area contributed by atoms with Gasteiger partial charge in [-0.25, -0.2) is 4.79 Å². The average molecular weight is 409 g/mol. The lowest BCUT2D eigenvalue weighted by Gasteiger charge is -2.29. The zero-order chi connectivity index (χ0) is 21.9. The van der Waals surface area contributed by atoms with Gasteiger partial charge in [0.15, 0.2) is 6.10 Å². The molecule has 0 bridgehead atoms. The second-order valence-electron chi connectivity index (χ2n) is 8.67. The maximum Gasteiger partial charge on any atom is 0.339 e. The summed E-state index contributed by atoms with van der Waals surface area (Å²) in [6, 6.07) is 10.4. The molecule has 0 fully saturated rings. The molecule has 0 spiro atoms. The molecule has 2 aromatic carbocycles. The molecule has 160 valence electrons. The van der Waals surface area contributed by atoms with Gasteiger partial charge in [0, 0.05) is 5.56 Å². The summed E-state index contributed by atoms with van der Waals surface area (Å²) in [6.07, 6.45) is 5.26. The van der Waals surface area contributed by atoms with Crippen molar-refractivity contribution in [2.45, 2.75) is 59.2 Å². The first kappa shape index (κ1) is 22.1. The Hall–Kier alpha value is -2.59. The first-order chi connectivity index (χ1) is 14.2. The van der Waals surface area contributed by atoms with Crippen LogP contribution in [0, 0.1) is 6.92 Å². The van der Waals surface area contributed by atoms with Crippen molar-refractivity contribution in [3.63, 3.8) is 0 Å². The summed E-state index contributed by atoms with van der Waals surface area (Å²) >= 11 is 0. The molecule has 1 heterocycles. The second kappa shape index (κ2) is 9.05. The quantitative estimate of drug-likeness (QED) is 0.565. The third-order valence-electron chi connectivity index (χ3n) is 5.19. The molecule has 3 rings (SSSR count). The van der Waals surface area contributed by atoms with Gasteiger partial charge in [0.2, 0.25) is 0 Å². The highest BCUT2D eigenvalue weighted by Crippen LogP contribution is 2.40. The molecule has 0 aromatic heterocycles. The third-order valence-corrected chi connectivity index (χ3v) is 5.19. The van der Waals surface area contributed by atoms with Crippen LogP contribution in [0.5, 0.6) is 5.75 Å². The Morgan fingerprint density at radius 3 is 2.63 bits per heavy atom. The highest BCUT2D eigenvalue weighted by molar-refractivity contribution is 5.86. The summed E-state index contributed by atoms with van der Waals surface area (Å²) in [4.78, 5) is 12.8. The van der Waals surface area contributed by atoms with Crippen molar-refractivity contribution in [1.82, 2.24) is 0 Å². The summed E-state index contributed by atoms with van der Waals surface area (Å²) in [6.45, 7) is 10.6. The fourth-order valence-electron chi connectivity index (χ4n) is 3.92. The Morgan fingerprint density at radius 2 is 1.97 bits per heavy atom. The van der Waals surface area contributed by atoms with Crippen LogP contribution in [0.1, 0.15) is 62.5 Å². The van der Waals surface area contributed by atoms with Crippen molar-refractivity contribution in [2.75, 3.05) is 13.7 Å². The van der Waals surface area contributed by atoms with Gasteiger partial charge in [0.05, 0.1) is 19.3 Å². The van der Waals surface area contributed by atoms with Gasteiger partial charge in [-0.3, -0.25) is 0 Å². The Balaban J connectivity index is 2.27. The van der Waals surface area contributed by atoms with Crippen molar-refractivity contribution in [2.24, 2.45) is 0 Å². The van der Waals surface area contributed by atoms with Crippen LogP contribution in [-0.4, -0.2) is 25.3 Å². The van der Waals surface area contributed by atoms with Crippen LogP contribution in [0.4, 0.5) is 0 Å². The number of rotatable bonds is 5. The summed E-state index contributed by atoms with van der Waals surface area (Å²) in [7, 11) is 1.41. The van der Waals surface area contributed by atoms with Gasteiger partial charge in [-0.1, -0.05) is 30.4 Å². The minimum atomic E-state index is -0.817. The zero-order valence-electron chi connectivity index (χ0n) is 18.9. The summed E-state index contributed by atoms with van der Waals surface area (Å²) in [5, 5.41) is 0. The maximum atomic E-state index is 12.8. The second-order valence-corrected chi connectivity index (χ2v) is 8.67. The first-order valence-electron chi connectivity index (χ1n) is 10.5. The van der Waals surface area contributed by atoms with Crippen LogP contribution in [0.2, 0.25) is 0 Å². The molecule has 0 radical (unpaired) electrons. The van der Waals surface area contributed by atoms with Crippen molar-refractivity contribution >= 4 is 12.0 Å². The lowest BCUT2D eigenvalue weighted by molar-refractivity contribution is -0.164. The van der Waals surface area contributed by atoms with Crippen LogP contribution in [0.15, 0.2) is 36.4 Å². The standard InChI is InChI=1S/C26H32O4/c1-7-9-18-12-11-17(2)22(24(25(27)28-6)30-26(3,4)5)23(18)20-13-14-21-19(16-20)10-8-15-29-21/h7,9,11-14,16,24H,8,10,15H2,1-6H3/b9-7-. The van der Waals surface area contributed by atoms with Crippen molar-refractivity contribution in [3.05, 3.63) is 58.7 Å². The molecule has 1 aliphatic heterocycles. The topological polar surface area (TPSA) is 44.8 Å². The number of benzene rings is 2. The molecule has 1 aliphatic rings. The minimum absolute atomic E-state index is 0.395. The molecule has 4 heteroatoms. The van der Waals surface area contributed by atoms with E-state index in [1.165, 1.54) is 12.7 Å². The summed E-state index contributed by atoms with van der Waals surface area (Å²) in [5.74, 6) is 0.551. The number of carbonyl (C=O) groups is 1. The van der Waals surface area contributed by atoms with E-state index in [1.54, 1.807) is 0 Å². The monoisotopic (exact) mass is 408 g/mol. The fraction of sp³-hybridized carbons (Fsp3) is 0.423. The first-order valence-corrected chi connectivity index (χ1v) is 10.5. The van der Waals surface area contributed by atoms with Crippen LogP contribution in [0.25, 0.3) is 17.2 Å². The summed E-state index contributed by atoms with van der Waals surface area (Å²) in [5.41, 5.74) is 5.63. The van der Waals surface area contributed by atoms with E-state index < -0.39 is 17.7 Å². The van der Waals surface area contributed by atoms with Gasteiger partial charge in [0.1, 0.15) is 5.75 Å². The molecule has 0 saturated heterocycles. The van der Waals surface area contributed by atoms with E-state index in [4.69, 9.17) is 14.2 Å². The van der Waals surface area contributed by atoms with Crippen LogP contribution < -0.4 is 4.74 Å². The van der Waals surface area contributed by atoms with Crippen molar-refractivity contribution < 1.29 is 19.0 Å². The number of hydrogen-bond donors (Lipinski definition) is 0. The third kappa shape index (κ3) is 4.76. The lowest BCUT2D eigenvalue weighted by Crippen LogP contribution is -2.29. The number of carbonyl (C=O) groups excluding carboxylic acids is 1. The molecular weight excluding hydrogens is 376 g/mol. The normalized spacial score (nSPS) is 14.9. The number of hydrogen-bond acceptors (Lipinski definition) is 4. The number of aryl methyl sites for hydroxylation is 2. The van der Waals surface area contributed by atoms with E-state index in [2.05, 4.69) is 24.3 Å². The van der Waals surface area contributed by atoms with Gasteiger partial charge >= 0.3 is 5.97 Å². The van der Waals surface area contributed by atoms with E-state index >= 15 is 0 Å². The predicted molar refractivity (Wildman–Crippen MR) is 121 cm³/mol. The van der Waals surface area contributed by atoms with E-state index in [-0.39, 0.29) is 0 Å². The lowest BCUT2D eigenvalue weighted by atomic mass is 9.86. The Morgan fingerprint density at radius 1 is 1.20 bits per heavy atom. The van der Waals surface area contributed by atoms with Crippen LogP contribution in [0.3, 0.4) is 0 Å². The molecule has 4 nitrogen and oxygen atoms in total. The fourth-order valence-corrected chi connectivity index (χ4v) is 3.92. The molecule has 2 aromatic rings. The molecule has 1 atom stereocenters. The highest BCUT2D eigenvalue weighted by atomic mass is 16.6. The number of esters is 1. The average Bonchev–Trinajstić information content (AvgIpc) is 2.72. The Bertz CT molecular complexity index is 950. The molecule has 1 unspecified atom stereocenters. The highest BCUT2D eigenvalue weighted by Gasteiger charge is 2.32. The number of ether oxygens (including phenoxy) is 3.